The van der Waals surface area contributed by atoms with Crippen molar-refractivity contribution < 1.29 is 0 Å². The van der Waals surface area contributed by atoms with E-state index >= 15 is 0 Å². The van der Waals surface area contributed by atoms with E-state index in [4.69, 9.17) is 0 Å². The van der Waals surface area contributed by atoms with Crippen LogP contribution in [0.4, 0.5) is 0 Å². The van der Waals surface area contributed by atoms with Gasteiger partial charge in [0.2, 0.25) is 0 Å². The van der Waals surface area contributed by atoms with Crippen LogP contribution < -0.4 is 5.56 Å². The van der Waals surface area contributed by atoms with E-state index in [1.807, 2.05) is 44.2 Å². The molecule has 1 aromatic carbocycles. The number of nitrogens with one attached hydrogen (secondary N) is 1. The van der Waals surface area contributed by atoms with Crippen molar-refractivity contribution in [3.63, 3.8) is 0 Å². The molecule has 21 heavy (non-hydrogen) atoms. The molecule has 106 valence electrons. The molecule has 2 aromatic heterocycles. The lowest BCUT2D eigenvalue weighted by molar-refractivity contribution is 0.950. The van der Waals surface area contributed by atoms with E-state index in [9.17, 15) is 4.79 Å². The van der Waals surface area contributed by atoms with Crippen LogP contribution in [-0.4, -0.2) is 15.0 Å². The lowest BCUT2D eigenvalue weighted by Gasteiger charge is -2.08. The van der Waals surface area contributed by atoms with Gasteiger partial charge in [0.25, 0.3) is 5.56 Å². The Hall–Kier alpha value is -2.49. The molecular weight excluding hydrogens is 262 g/mol. The summed E-state index contributed by atoms with van der Waals surface area (Å²) in [7, 11) is 0. The van der Waals surface area contributed by atoms with Gasteiger partial charge in [0.05, 0.1) is 11.2 Å². The molecule has 0 aliphatic heterocycles. The van der Waals surface area contributed by atoms with Crippen molar-refractivity contribution in [1.82, 2.24) is 15.0 Å². The van der Waals surface area contributed by atoms with Crippen LogP contribution in [-0.2, 0) is 6.42 Å². The number of rotatable bonds is 2. The number of fused-ring (bicyclic) bond motifs is 1. The summed E-state index contributed by atoms with van der Waals surface area (Å²) in [5, 5.41) is 1.12. The largest absolute Gasteiger partial charge is 0.305 e. The van der Waals surface area contributed by atoms with Crippen LogP contribution in [0.5, 0.6) is 0 Å². The average molecular weight is 279 g/mol. The van der Waals surface area contributed by atoms with Gasteiger partial charge in [-0.15, -0.1) is 0 Å². The number of H-pyrrole nitrogens is 1. The molecule has 0 bridgehead atoms. The predicted molar refractivity (Wildman–Crippen MR) is 84.4 cm³/mol. The minimum absolute atomic E-state index is 0.0931. The second-order valence-corrected chi connectivity index (χ2v) is 5.18. The van der Waals surface area contributed by atoms with Crippen LogP contribution in [0.1, 0.15) is 23.7 Å². The molecule has 0 unspecified atom stereocenters. The fourth-order valence-corrected chi connectivity index (χ4v) is 2.52. The van der Waals surface area contributed by atoms with Gasteiger partial charge in [0.1, 0.15) is 5.69 Å². The quantitative estimate of drug-likeness (QED) is 0.784. The maximum absolute atomic E-state index is 12.0. The van der Waals surface area contributed by atoms with Gasteiger partial charge < -0.3 is 4.98 Å². The van der Waals surface area contributed by atoms with Crippen molar-refractivity contribution in [2.24, 2.45) is 0 Å². The normalized spacial score (nSPS) is 11.0. The van der Waals surface area contributed by atoms with E-state index in [-0.39, 0.29) is 5.56 Å². The number of aromatic nitrogens is 3. The average Bonchev–Trinajstić information content (AvgIpc) is 2.50. The number of hydrogen-bond donors (Lipinski definition) is 1. The van der Waals surface area contributed by atoms with Crippen molar-refractivity contribution >= 4 is 10.9 Å². The van der Waals surface area contributed by atoms with Crippen molar-refractivity contribution in [1.29, 1.82) is 0 Å². The van der Waals surface area contributed by atoms with Crippen molar-refractivity contribution in [2.75, 3.05) is 0 Å². The Bertz CT molecular complexity index is 881. The highest BCUT2D eigenvalue weighted by Gasteiger charge is 2.10. The van der Waals surface area contributed by atoms with Gasteiger partial charge in [-0.2, -0.15) is 0 Å². The smallest absolute Gasteiger partial charge is 0.254 e. The SMILES string of the molecule is CCc1nc(-c2cc(C)c3ccccc3n2)[nH]c(=O)c1C. The fourth-order valence-electron chi connectivity index (χ4n) is 2.52. The third kappa shape index (κ3) is 2.33. The number of pyridine rings is 1. The van der Waals surface area contributed by atoms with Crippen LogP contribution in [0.3, 0.4) is 0 Å². The summed E-state index contributed by atoms with van der Waals surface area (Å²) < 4.78 is 0. The first kappa shape index (κ1) is 13.5. The number of benzene rings is 1. The number of nitrogens with zero attached hydrogens (tertiary/aromatic N) is 2. The lowest BCUT2D eigenvalue weighted by atomic mass is 10.1. The van der Waals surface area contributed by atoms with E-state index in [1.54, 1.807) is 6.92 Å². The molecule has 0 saturated heterocycles. The van der Waals surface area contributed by atoms with Gasteiger partial charge in [-0.1, -0.05) is 25.1 Å². The first-order valence-corrected chi connectivity index (χ1v) is 7.06. The third-order valence-electron chi connectivity index (χ3n) is 3.75. The molecule has 0 amide bonds. The van der Waals surface area contributed by atoms with Crippen molar-refractivity contribution in [3.8, 4) is 11.5 Å². The van der Waals surface area contributed by atoms with Crippen LogP contribution in [0.25, 0.3) is 22.4 Å². The topological polar surface area (TPSA) is 58.6 Å². The number of aryl methyl sites for hydroxylation is 2. The van der Waals surface area contributed by atoms with Crippen molar-refractivity contribution in [3.05, 3.63) is 57.5 Å². The van der Waals surface area contributed by atoms with E-state index in [0.29, 0.717) is 17.1 Å². The number of aromatic amines is 1. The highest BCUT2D eigenvalue weighted by Crippen LogP contribution is 2.22. The summed E-state index contributed by atoms with van der Waals surface area (Å²) in [4.78, 5) is 24.0. The second-order valence-electron chi connectivity index (χ2n) is 5.18. The predicted octanol–water partition coefficient (Wildman–Crippen LogP) is 3.16. The summed E-state index contributed by atoms with van der Waals surface area (Å²) in [6.45, 7) is 5.84. The highest BCUT2D eigenvalue weighted by atomic mass is 16.1. The summed E-state index contributed by atoms with van der Waals surface area (Å²) in [5.74, 6) is 0.538. The van der Waals surface area contributed by atoms with Crippen LogP contribution in [0.2, 0.25) is 0 Å². The number of hydrogen-bond acceptors (Lipinski definition) is 3. The summed E-state index contributed by atoms with van der Waals surface area (Å²) in [5.41, 5.74) is 4.15. The Morgan fingerprint density at radius 3 is 2.67 bits per heavy atom. The molecule has 0 spiro atoms. The number of para-hydroxylation sites is 1. The van der Waals surface area contributed by atoms with Gasteiger partial charge in [-0.05, 0) is 38.0 Å². The molecule has 0 aliphatic rings. The van der Waals surface area contributed by atoms with Gasteiger partial charge in [-0.3, -0.25) is 4.79 Å². The van der Waals surface area contributed by atoms with Gasteiger partial charge in [0.15, 0.2) is 5.82 Å². The molecule has 3 rings (SSSR count). The molecule has 0 fully saturated rings. The molecule has 0 saturated carbocycles. The zero-order valence-electron chi connectivity index (χ0n) is 12.4. The third-order valence-corrected chi connectivity index (χ3v) is 3.75. The summed E-state index contributed by atoms with van der Waals surface area (Å²) in [6, 6.07) is 9.94. The first-order valence-electron chi connectivity index (χ1n) is 7.06. The van der Waals surface area contributed by atoms with Crippen LogP contribution >= 0.6 is 0 Å². The molecule has 3 aromatic rings. The zero-order valence-corrected chi connectivity index (χ0v) is 12.4. The highest BCUT2D eigenvalue weighted by molar-refractivity contribution is 5.84. The van der Waals surface area contributed by atoms with E-state index in [2.05, 4.69) is 15.0 Å². The molecule has 1 N–H and O–H groups in total. The van der Waals surface area contributed by atoms with Gasteiger partial charge in [-0.25, -0.2) is 9.97 Å². The van der Waals surface area contributed by atoms with Gasteiger partial charge in [0, 0.05) is 10.9 Å². The summed E-state index contributed by atoms with van der Waals surface area (Å²) >= 11 is 0. The Balaban J connectivity index is 2.26. The molecule has 4 heteroatoms. The molecule has 2 heterocycles. The van der Waals surface area contributed by atoms with Crippen LogP contribution in [0, 0.1) is 13.8 Å². The lowest BCUT2D eigenvalue weighted by Crippen LogP contribution is -2.16. The molecule has 0 radical (unpaired) electrons. The Morgan fingerprint density at radius 1 is 1.14 bits per heavy atom. The first-order chi connectivity index (χ1) is 10.1. The minimum Gasteiger partial charge on any atom is -0.305 e. The van der Waals surface area contributed by atoms with Gasteiger partial charge >= 0.3 is 0 Å². The monoisotopic (exact) mass is 279 g/mol. The van der Waals surface area contributed by atoms with E-state index in [1.165, 1.54) is 0 Å². The molecule has 0 aliphatic carbocycles. The Labute approximate surface area is 122 Å². The van der Waals surface area contributed by atoms with Crippen molar-refractivity contribution in [2.45, 2.75) is 27.2 Å². The molecule has 4 nitrogen and oxygen atoms in total. The molecular formula is C17H17N3O. The standard InChI is InChI=1S/C17H17N3O/c1-4-13-11(3)17(21)20-16(19-13)15-9-10(2)12-7-5-6-8-14(12)18-15/h5-9H,4H2,1-3H3,(H,19,20,21). The van der Waals surface area contributed by atoms with Crippen LogP contribution in [0.15, 0.2) is 35.1 Å². The second kappa shape index (κ2) is 5.13. The molecule has 0 atom stereocenters. The fraction of sp³-hybridized carbons (Fsp3) is 0.235. The van der Waals surface area contributed by atoms with E-state index in [0.717, 1.165) is 28.6 Å². The summed E-state index contributed by atoms with van der Waals surface area (Å²) in [6.07, 6.45) is 0.731. The Morgan fingerprint density at radius 2 is 1.90 bits per heavy atom. The zero-order chi connectivity index (χ0) is 15.0. The van der Waals surface area contributed by atoms with E-state index < -0.39 is 0 Å². The maximum Gasteiger partial charge on any atom is 0.254 e. The maximum atomic E-state index is 12.0. The Kier molecular flexibility index (Phi) is 3.29. The minimum atomic E-state index is -0.0931.